The predicted octanol–water partition coefficient (Wildman–Crippen LogP) is 2.86. The number of aryl methyl sites for hydroxylation is 1. The summed E-state index contributed by atoms with van der Waals surface area (Å²) >= 11 is 0. The first-order valence-corrected chi connectivity index (χ1v) is 14.8. The van der Waals surface area contributed by atoms with Crippen molar-refractivity contribution in [3.8, 4) is 11.4 Å². The van der Waals surface area contributed by atoms with Gasteiger partial charge in [-0.1, -0.05) is 44.3 Å². The number of pyridine rings is 2. The number of cyclic esters (lactones) is 1. The average Bonchev–Trinajstić information content (AvgIpc) is 3.18. The summed E-state index contributed by atoms with van der Waals surface area (Å²) in [5.41, 5.74) is 2.93. The number of aliphatic hydroxyl groups is 2. The van der Waals surface area contributed by atoms with E-state index in [0.29, 0.717) is 23.4 Å². The van der Waals surface area contributed by atoms with Gasteiger partial charge in [-0.25, -0.2) is 9.78 Å². The van der Waals surface area contributed by atoms with Gasteiger partial charge in [0, 0.05) is 22.7 Å². The van der Waals surface area contributed by atoms with Crippen molar-refractivity contribution in [2.45, 2.75) is 57.7 Å². The molecule has 0 bridgehead atoms. The Balaban J connectivity index is 1.74. The van der Waals surface area contributed by atoms with Crippen LogP contribution >= 0.6 is 0 Å². The summed E-state index contributed by atoms with van der Waals surface area (Å²) in [6.45, 7) is 6.30. The zero-order valence-corrected chi connectivity index (χ0v) is 20.1. The molecule has 2 N–H and O–H groups in total. The number of ether oxygens (including phenoxy) is 1. The fraction of sp³-hybridized carbons (Fsp3) is 0.400. The first kappa shape index (κ1) is 22.0. The standard InChI is InChI=1S/C25H28N2O5Si/c1-4-25(31)19-11-21-22-17(12-27(21)23(29)18(19)13-32-24(25)30)15(9-10-33(2,3)14-28)16-7-5-6-8-20(16)26-22/h5-8,11,28,31H,4,9-10,12-14H2,1-3H3/t25-/m0/s1. The lowest BCUT2D eigenvalue weighted by molar-refractivity contribution is -0.172. The van der Waals surface area contributed by atoms with Gasteiger partial charge in [0.1, 0.15) is 6.61 Å². The summed E-state index contributed by atoms with van der Waals surface area (Å²) in [5, 5.41) is 21.9. The van der Waals surface area contributed by atoms with Gasteiger partial charge in [0.05, 0.1) is 37.1 Å². The number of nitrogens with zero attached hydrogens (tertiary/aromatic N) is 2. The molecule has 0 saturated heterocycles. The number of aromatic nitrogens is 2. The van der Waals surface area contributed by atoms with Crippen LogP contribution in [0.1, 0.15) is 35.6 Å². The highest BCUT2D eigenvalue weighted by atomic mass is 28.3. The summed E-state index contributed by atoms with van der Waals surface area (Å²) in [7, 11) is -1.74. The SMILES string of the molecule is CC[C@@]1(O)C(=O)OCc2c1cc1n(c2=O)Cc2c-1nc1ccccc1c2CC[Si](C)(C)CO. The van der Waals surface area contributed by atoms with E-state index in [1.807, 2.05) is 18.2 Å². The van der Waals surface area contributed by atoms with E-state index in [2.05, 4.69) is 19.2 Å². The number of para-hydroxylation sites is 1. The van der Waals surface area contributed by atoms with Crippen molar-refractivity contribution in [2.75, 3.05) is 6.23 Å². The minimum absolute atomic E-state index is 0.117. The lowest BCUT2D eigenvalue weighted by Gasteiger charge is -2.31. The number of aliphatic hydroxyl groups excluding tert-OH is 1. The molecule has 1 atom stereocenters. The van der Waals surface area contributed by atoms with Crippen LogP contribution in [-0.4, -0.2) is 40.0 Å². The van der Waals surface area contributed by atoms with Crippen LogP contribution in [0.5, 0.6) is 0 Å². The zero-order chi connectivity index (χ0) is 23.5. The summed E-state index contributed by atoms with van der Waals surface area (Å²) in [4.78, 5) is 30.8. The molecule has 0 unspecified atom stereocenters. The van der Waals surface area contributed by atoms with Crippen molar-refractivity contribution in [1.82, 2.24) is 9.55 Å². The zero-order valence-electron chi connectivity index (χ0n) is 19.1. The van der Waals surface area contributed by atoms with Gasteiger partial charge >= 0.3 is 5.97 Å². The third-order valence-electron chi connectivity index (χ3n) is 7.19. The lowest BCUT2D eigenvalue weighted by Crippen LogP contribution is -2.44. The topological polar surface area (TPSA) is 102 Å². The van der Waals surface area contributed by atoms with Gasteiger partial charge in [0.25, 0.3) is 5.56 Å². The second-order valence-electron chi connectivity index (χ2n) is 9.86. The number of rotatable bonds is 5. The Morgan fingerprint density at radius 3 is 2.70 bits per heavy atom. The normalized spacial score (nSPS) is 19.2. The molecule has 7 nitrogen and oxygen atoms in total. The Bertz CT molecular complexity index is 1360. The summed E-state index contributed by atoms with van der Waals surface area (Å²) in [6.07, 6.45) is 1.15. The number of fused-ring (bicyclic) bond motifs is 5. The Morgan fingerprint density at radius 1 is 1.21 bits per heavy atom. The van der Waals surface area contributed by atoms with Crippen molar-refractivity contribution >= 4 is 24.9 Å². The molecule has 0 radical (unpaired) electrons. The second-order valence-corrected chi connectivity index (χ2v) is 15.0. The van der Waals surface area contributed by atoms with Crippen LogP contribution in [-0.2, 0) is 34.7 Å². The third-order valence-corrected chi connectivity index (χ3v) is 9.65. The van der Waals surface area contributed by atoms with E-state index in [1.54, 1.807) is 17.6 Å². The molecule has 0 saturated carbocycles. The molecule has 0 aliphatic carbocycles. The number of carbonyl (C=O) groups is 1. The monoisotopic (exact) mass is 464 g/mol. The van der Waals surface area contributed by atoms with E-state index < -0.39 is 19.6 Å². The van der Waals surface area contributed by atoms with Gasteiger partial charge in [-0.05, 0) is 30.5 Å². The molecule has 0 fully saturated rings. The van der Waals surface area contributed by atoms with Crippen LogP contribution in [0, 0.1) is 0 Å². The van der Waals surface area contributed by atoms with E-state index >= 15 is 0 Å². The lowest BCUT2D eigenvalue weighted by atomic mass is 9.86. The smallest absolute Gasteiger partial charge is 0.343 e. The first-order valence-electron chi connectivity index (χ1n) is 11.4. The third kappa shape index (κ3) is 3.27. The van der Waals surface area contributed by atoms with Crippen LogP contribution in [0.25, 0.3) is 22.3 Å². The number of esters is 1. The molecule has 5 rings (SSSR count). The van der Waals surface area contributed by atoms with Crippen LogP contribution in [0.3, 0.4) is 0 Å². The highest BCUT2D eigenvalue weighted by molar-refractivity contribution is 6.77. The van der Waals surface area contributed by atoms with Gasteiger partial charge in [-0.2, -0.15) is 0 Å². The largest absolute Gasteiger partial charge is 0.458 e. The van der Waals surface area contributed by atoms with Crippen LogP contribution < -0.4 is 5.56 Å². The molecule has 2 aliphatic heterocycles. The molecule has 33 heavy (non-hydrogen) atoms. The number of hydrogen-bond donors (Lipinski definition) is 2. The predicted molar refractivity (Wildman–Crippen MR) is 128 cm³/mol. The second kappa shape index (κ2) is 7.61. The van der Waals surface area contributed by atoms with E-state index in [1.165, 1.54) is 0 Å². The van der Waals surface area contributed by atoms with Gasteiger partial charge in [0.15, 0.2) is 5.60 Å². The molecule has 0 spiro atoms. The molecular weight excluding hydrogens is 436 g/mol. The molecule has 172 valence electrons. The van der Waals surface area contributed by atoms with E-state index in [-0.39, 0.29) is 24.8 Å². The van der Waals surface area contributed by atoms with E-state index in [0.717, 1.165) is 40.2 Å². The fourth-order valence-corrected chi connectivity index (χ4v) is 6.03. The van der Waals surface area contributed by atoms with Gasteiger partial charge in [0.2, 0.25) is 0 Å². The molecular formula is C25H28N2O5Si. The van der Waals surface area contributed by atoms with Gasteiger partial charge < -0.3 is 19.5 Å². The minimum Gasteiger partial charge on any atom is -0.458 e. The maximum atomic E-state index is 13.5. The molecule has 0 amide bonds. The van der Waals surface area contributed by atoms with Crippen molar-refractivity contribution in [3.63, 3.8) is 0 Å². The maximum absolute atomic E-state index is 13.5. The number of benzene rings is 1. The molecule has 8 heteroatoms. The molecule has 2 aromatic heterocycles. The molecule has 2 aliphatic rings. The molecule has 4 heterocycles. The summed E-state index contributed by atoms with van der Waals surface area (Å²) in [6, 6.07) is 10.6. The van der Waals surface area contributed by atoms with E-state index in [9.17, 15) is 19.8 Å². The van der Waals surface area contributed by atoms with Crippen molar-refractivity contribution in [3.05, 3.63) is 62.9 Å². The first-order chi connectivity index (χ1) is 15.7. The van der Waals surface area contributed by atoms with Crippen LogP contribution in [0.4, 0.5) is 0 Å². The highest BCUT2D eigenvalue weighted by Crippen LogP contribution is 2.40. The minimum atomic E-state index is -1.83. The maximum Gasteiger partial charge on any atom is 0.343 e. The highest BCUT2D eigenvalue weighted by Gasteiger charge is 2.45. The fourth-order valence-electron chi connectivity index (χ4n) is 4.94. The Labute approximate surface area is 192 Å². The molecule has 1 aromatic carbocycles. The number of carbonyl (C=O) groups excluding carboxylic acids is 1. The summed E-state index contributed by atoms with van der Waals surface area (Å²) < 4.78 is 6.85. The Kier molecular flexibility index (Phi) is 5.08. The quantitative estimate of drug-likeness (QED) is 0.348. The Morgan fingerprint density at radius 2 is 1.97 bits per heavy atom. The molecule has 3 aromatic rings. The Hall–Kier alpha value is -2.81. The van der Waals surface area contributed by atoms with Gasteiger partial charge in [-0.3, -0.25) is 4.79 Å². The van der Waals surface area contributed by atoms with Gasteiger partial charge in [-0.15, -0.1) is 0 Å². The number of hydrogen-bond acceptors (Lipinski definition) is 6. The van der Waals surface area contributed by atoms with Crippen molar-refractivity contribution in [2.24, 2.45) is 0 Å². The van der Waals surface area contributed by atoms with Crippen LogP contribution in [0.2, 0.25) is 19.1 Å². The summed E-state index contributed by atoms with van der Waals surface area (Å²) in [5.74, 6) is -0.719. The van der Waals surface area contributed by atoms with E-state index in [4.69, 9.17) is 9.72 Å². The van der Waals surface area contributed by atoms with Crippen LogP contribution in [0.15, 0.2) is 35.1 Å². The van der Waals surface area contributed by atoms with Crippen molar-refractivity contribution in [1.29, 1.82) is 0 Å². The average molecular weight is 465 g/mol. The van der Waals surface area contributed by atoms with Crippen molar-refractivity contribution < 1.29 is 19.7 Å².